The highest BCUT2D eigenvalue weighted by atomic mass is 32.1. The molecule has 0 fully saturated rings. The number of aryl methyl sites for hydroxylation is 2. The SMILES string of the molecule is Cc1nc(C)c(C(=O)NCCC(N)=S)o1. The van der Waals surface area contributed by atoms with Crippen molar-refractivity contribution in [2.75, 3.05) is 6.54 Å². The van der Waals surface area contributed by atoms with Gasteiger partial charge in [0.25, 0.3) is 5.91 Å². The van der Waals surface area contributed by atoms with Crippen molar-refractivity contribution in [2.24, 2.45) is 5.73 Å². The van der Waals surface area contributed by atoms with Crippen LogP contribution in [0.2, 0.25) is 0 Å². The van der Waals surface area contributed by atoms with E-state index >= 15 is 0 Å². The number of oxazole rings is 1. The minimum absolute atomic E-state index is 0.246. The third-order valence-electron chi connectivity index (χ3n) is 1.77. The van der Waals surface area contributed by atoms with Crippen molar-refractivity contribution in [3.63, 3.8) is 0 Å². The van der Waals surface area contributed by atoms with E-state index in [9.17, 15) is 4.79 Å². The van der Waals surface area contributed by atoms with E-state index in [0.717, 1.165) is 0 Å². The van der Waals surface area contributed by atoms with E-state index < -0.39 is 0 Å². The molecule has 0 spiro atoms. The van der Waals surface area contributed by atoms with E-state index in [4.69, 9.17) is 10.2 Å². The molecule has 1 aromatic heterocycles. The lowest BCUT2D eigenvalue weighted by molar-refractivity contribution is 0.0925. The number of hydrogen-bond donors (Lipinski definition) is 2. The van der Waals surface area contributed by atoms with Crippen molar-refractivity contribution >= 4 is 23.1 Å². The summed E-state index contributed by atoms with van der Waals surface area (Å²) in [7, 11) is 0. The van der Waals surface area contributed by atoms with E-state index in [1.54, 1.807) is 13.8 Å². The maximum absolute atomic E-state index is 11.5. The standard InChI is InChI=1S/C9H13N3O2S/c1-5-8(14-6(2)12-5)9(13)11-4-3-7(10)15/h3-4H2,1-2H3,(H2,10,15)(H,11,13). The molecule has 6 heteroatoms. The second-order valence-corrected chi connectivity index (χ2v) is 3.64. The first-order valence-electron chi connectivity index (χ1n) is 4.51. The summed E-state index contributed by atoms with van der Waals surface area (Å²) in [4.78, 5) is 15.9. The fourth-order valence-corrected chi connectivity index (χ4v) is 1.22. The second-order valence-electron chi connectivity index (χ2n) is 3.12. The zero-order valence-electron chi connectivity index (χ0n) is 8.66. The molecule has 0 saturated carbocycles. The third kappa shape index (κ3) is 3.32. The first-order valence-corrected chi connectivity index (χ1v) is 4.92. The molecule has 15 heavy (non-hydrogen) atoms. The Morgan fingerprint density at radius 2 is 2.27 bits per heavy atom. The molecule has 1 aromatic rings. The Labute approximate surface area is 93.0 Å². The molecule has 0 bridgehead atoms. The fourth-order valence-electron chi connectivity index (χ4n) is 1.12. The second kappa shape index (κ2) is 4.88. The molecule has 0 radical (unpaired) electrons. The summed E-state index contributed by atoms with van der Waals surface area (Å²) in [5.41, 5.74) is 5.88. The number of aromatic nitrogens is 1. The summed E-state index contributed by atoms with van der Waals surface area (Å²) in [5, 5.41) is 2.64. The van der Waals surface area contributed by atoms with E-state index in [2.05, 4.69) is 22.5 Å². The summed E-state index contributed by atoms with van der Waals surface area (Å²) < 4.78 is 5.15. The molecule has 1 heterocycles. The normalized spacial score (nSPS) is 10.0. The Hall–Kier alpha value is -1.43. The number of carbonyl (C=O) groups is 1. The lowest BCUT2D eigenvalue weighted by Gasteiger charge is -2.01. The predicted molar refractivity (Wildman–Crippen MR) is 59.7 cm³/mol. The summed E-state index contributed by atoms with van der Waals surface area (Å²) in [6.45, 7) is 3.82. The Kier molecular flexibility index (Phi) is 3.79. The van der Waals surface area contributed by atoms with Gasteiger partial charge < -0.3 is 15.5 Å². The van der Waals surface area contributed by atoms with Crippen molar-refractivity contribution in [3.8, 4) is 0 Å². The van der Waals surface area contributed by atoms with Crippen LogP contribution in [0.25, 0.3) is 0 Å². The molecule has 0 atom stereocenters. The number of rotatable bonds is 4. The van der Waals surface area contributed by atoms with Crippen LogP contribution in [0.5, 0.6) is 0 Å². The van der Waals surface area contributed by atoms with Gasteiger partial charge in [-0.05, 0) is 6.92 Å². The van der Waals surface area contributed by atoms with Crippen molar-refractivity contribution in [1.82, 2.24) is 10.3 Å². The van der Waals surface area contributed by atoms with Crippen LogP contribution in [0, 0.1) is 13.8 Å². The number of carbonyl (C=O) groups excluding carboxylic acids is 1. The van der Waals surface area contributed by atoms with Crippen molar-refractivity contribution in [3.05, 3.63) is 17.3 Å². The van der Waals surface area contributed by atoms with Gasteiger partial charge in [-0.25, -0.2) is 4.98 Å². The highest BCUT2D eigenvalue weighted by molar-refractivity contribution is 7.80. The number of nitrogens with zero attached hydrogens (tertiary/aromatic N) is 1. The molecular weight excluding hydrogens is 214 g/mol. The van der Waals surface area contributed by atoms with Crippen LogP contribution in [0.15, 0.2) is 4.42 Å². The van der Waals surface area contributed by atoms with Crippen LogP contribution in [0.4, 0.5) is 0 Å². The van der Waals surface area contributed by atoms with Crippen molar-refractivity contribution in [2.45, 2.75) is 20.3 Å². The molecule has 0 aliphatic rings. The Morgan fingerprint density at radius 1 is 1.60 bits per heavy atom. The quantitative estimate of drug-likeness (QED) is 0.740. The molecular formula is C9H13N3O2S. The Balaban J connectivity index is 2.54. The van der Waals surface area contributed by atoms with Crippen LogP contribution >= 0.6 is 12.2 Å². The zero-order valence-corrected chi connectivity index (χ0v) is 9.48. The van der Waals surface area contributed by atoms with Gasteiger partial charge in [-0.15, -0.1) is 0 Å². The van der Waals surface area contributed by atoms with E-state index in [-0.39, 0.29) is 11.7 Å². The fraction of sp³-hybridized carbons (Fsp3) is 0.444. The van der Waals surface area contributed by atoms with Gasteiger partial charge in [-0.2, -0.15) is 0 Å². The van der Waals surface area contributed by atoms with Gasteiger partial charge in [0.15, 0.2) is 5.89 Å². The first kappa shape index (κ1) is 11.6. The van der Waals surface area contributed by atoms with Gasteiger partial charge in [0, 0.05) is 19.9 Å². The summed E-state index contributed by atoms with van der Waals surface area (Å²) in [6, 6.07) is 0. The maximum Gasteiger partial charge on any atom is 0.289 e. The van der Waals surface area contributed by atoms with Crippen LogP contribution in [-0.4, -0.2) is 22.4 Å². The minimum Gasteiger partial charge on any atom is -0.436 e. The summed E-state index contributed by atoms with van der Waals surface area (Å²) in [6.07, 6.45) is 0.479. The molecule has 0 aliphatic carbocycles. The largest absolute Gasteiger partial charge is 0.436 e. The Morgan fingerprint density at radius 3 is 2.73 bits per heavy atom. The van der Waals surface area contributed by atoms with Gasteiger partial charge in [0.2, 0.25) is 5.76 Å². The zero-order chi connectivity index (χ0) is 11.4. The molecule has 0 unspecified atom stereocenters. The van der Waals surface area contributed by atoms with Gasteiger partial charge in [-0.1, -0.05) is 12.2 Å². The number of thiocarbonyl (C=S) groups is 1. The van der Waals surface area contributed by atoms with Crippen LogP contribution in [-0.2, 0) is 0 Å². The first-order chi connectivity index (χ1) is 7.00. The Bertz CT molecular complexity index is 387. The van der Waals surface area contributed by atoms with Crippen molar-refractivity contribution < 1.29 is 9.21 Å². The monoisotopic (exact) mass is 227 g/mol. The van der Waals surface area contributed by atoms with Gasteiger partial charge in [-0.3, -0.25) is 4.79 Å². The minimum atomic E-state index is -0.288. The molecule has 1 amide bonds. The number of hydrogen-bond acceptors (Lipinski definition) is 4. The molecule has 0 aromatic carbocycles. The molecule has 1 rings (SSSR count). The summed E-state index contributed by atoms with van der Waals surface area (Å²) >= 11 is 4.68. The maximum atomic E-state index is 11.5. The van der Waals surface area contributed by atoms with Crippen LogP contribution in [0.1, 0.15) is 28.6 Å². The highest BCUT2D eigenvalue weighted by Crippen LogP contribution is 2.08. The summed E-state index contributed by atoms with van der Waals surface area (Å²) in [5.74, 6) is 0.437. The predicted octanol–water partition coefficient (Wildman–Crippen LogP) is 0.697. The molecule has 0 aliphatic heterocycles. The van der Waals surface area contributed by atoms with E-state index in [1.807, 2.05) is 0 Å². The lowest BCUT2D eigenvalue weighted by Crippen LogP contribution is -2.27. The van der Waals surface area contributed by atoms with Crippen molar-refractivity contribution in [1.29, 1.82) is 0 Å². The van der Waals surface area contributed by atoms with Gasteiger partial charge in [0.1, 0.15) is 0 Å². The number of nitrogens with two attached hydrogens (primary N) is 1. The smallest absolute Gasteiger partial charge is 0.289 e. The average molecular weight is 227 g/mol. The molecule has 82 valence electrons. The van der Waals surface area contributed by atoms with Gasteiger partial charge >= 0.3 is 0 Å². The van der Waals surface area contributed by atoms with E-state index in [1.165, 1.54) is 0 Å². The van der Waals surface area contributed by atoms with E-state index in [0.29, 0.717) is 29.5 Å². The van der Waals surface area contributed by atoms with Crippen LogP contribution < -0.4 is 11.1 Å². The molecule has 5 nitrogen and oxygen atoms in total. The number of nitrogens with one attached hydrogen (secondary N) is 1. The lowest BCUT2D eigenvalue weighted by atomic mass is 10.3. The average Bonchev–Trinajstić information content (AvgIpc) is 2.44. The highest BCUT2D eigenvalue weighted by Gasteiger charge is 2.14. The van der Waals surface area contributed by atoms with Gasteiger partial charge in [0.05, 0.1) is 10.7 Å². The molecule has 3 N–H and O–H groups in total. The number of amides is 1. The van der Waals surface area contributed by atoms with Crippen LogP contribution in [0.3, 0.4) is 0 Å². The topological polar surface area (TPSA) is 81.2 Å². The third-order valence-corrected chi connectivity index (χ3v) is 1.97. The molecule has 0 saturated heterocycles.